The maximum atomic E-state index is 5.44. The van der Waals surface area contributed by atoms with Crippen molar-refractivity contribution in [2.45, 2.75) is 33.7 Å². The Balaban J connectivity index is 1.39. The summed E-state index contributed by atoms with van der Waals surface area (Å²) < 4.78 is 7.68. The van der Waals surface area contributed by atoms with Crippen LogP contribution in [0.5, 0.6) is 5.75 Å². The molecule has 0 bridgehead atoms. The highest BCUT2D eigenvalue weighted by atomic mass is 16.5. The predicted octanol–water partition coefficient (Wildman–Crippen LogP) is 6.18. The average molecular weight is 516 g/mol. The molecule has 3 aromatic carbocycles. The molecule has 0 spiro atoms. The number of methoxy groups -OCH3 is 1. The Morgan fingerprint density at radius 1 is 0.846 bits per heavy atom. The third-order valence-corrected chi connectivity index (χ3v) is 7.03. The van der Waals surface area contributed by atoms with Gasteiger partial charge in [-0.15, -0.1) is 10.2 Å². The first-order chi connectivity index (χ1) is 19.0. The number of tetrazole rings is 1. The van der Waals surface area contributed by atoms with E-state index in [2.05, 4.69) is 87.6 Å². The second-order valence-corrected chi connectivity index (χ2v) is 9.65. The van der Waals surface area contributed by atoms with Gasteiger partial charge in [0.15, 0.2) is 5.65 Å². The summed E-state index contributed by atoms with van der Waals surface area (Å²) in [7, 11) is 1.68. The highest BCUT2D eigenvalue weighted by Gasteiger charge is 2.16. The second-order valence-electron chi connectivity index (χ2n) is 9.65. The third-order valence-electron chi connectivity index (χ3n) is 7.03. The van der Waals surface area contributed by atoms with Crippen molar-refractivity contribution < 1.29 is 4.74 Å². The third kappa shape index (κ3) is 4.65. The molecule has 1 N–H and O–H groups in total. The largest absolute Gasteiger partial charge is 0.497 e. The molecule has 0 aliphatic rings. The smallest absolute Gasteiger partial charge is 0.205 e. The lowest BCUT2D eigenvalue weighted by molar-refractivity contribution is 0.415. The van der Waals surface area contributed by atoms with E-state index in [1.165, 1.54) is 5.56 Å². The molecule has 39 heavy (non-hydrogen) atoms. The predicted molar refractivity (Wildman–Crippen MR) is 153 cm³/mol. The second kappa shape index (κ2) is 10.1. The summed E-state index contributed by atoms with van der Waals surface area (Å²) in [5, 5.41) is 14.8. The highest BCUT2D eigenvalue weighted by molar-refractivity contribution is 5.85. The van der Waals surface area contributed by atoms with Gasteiger partial charge in [0.1, 0.15) is 17.1 Å². The van der Waals surface area contributed by atoms with E-state index in [4.69, 9.17) is 14.7 Å². The number of aryl methyl sites for hydroxylation is 3. The lowest BCUT2D eigenvalue weighted by Crippen LogP contribution is -2.05. The maximum absolute atomic E-state index is 5.44. The van der Waals surface area contributed by atoms with Crippen molar-refractivity contribution in [3.63, 3.8) is 0 Å². The van der Waals surface area contributed by atoms with E-state index in [0.717, 1.165) is 68.2 Å². The fourth-order valence-electron chi connectivity index (χ4n) is 5.09. The Labute approximate surface area is 226 Å². The molecule has 0 aliphatic heterocycles. The van der Waals surface area contributed by atoms with E-state index in [1.54, 1.807) is 7.11 Å². The molecule has 0 aliphatic carbocycles. The SMILES string of the molecule is CCc1nc2c(C)cc(C)nc2n1Cc1ccc(-c2cc(-c3cccc(OC)c3)ccc2-c2nn[nH]n2)cc1. The van der Waals surface area contributed by atoms with Crippen LogP contribution in [0.2, 0.25) is 0 Å². The highest BCUT2D eigenvalue weighted by Crippen LogP contribution is 2.35. The van der Waals surface area contributed by atoms with Gasteiger partial charge in [0, 0.05) is 17.7 Å². The van der Waals surface area contributed by atoms with Gasteiger partial charge in [0.2, 0.25) is 5.82 Å². The van der Waals surface area contributed by atoms with Crippen molar-refractivity contribution >= 4 is 11.2 Å². The van der Waals surface area contributed by atoms with Gasteiger partial charge in [0.05, 0.1) is 13.7 Å². The monoisotopic (exact) mass is 515 g/mol. The topological polar surface area (TPSA) is 94.4 Å². The number of fused-ring (bicyclic) bond motifs is 1. The van der Waals surface area contributed by atoms with E-state index < -0.39 is 0 Å². The Morgan fingerprint density at radius 3 is 2.38 bits per heavy atom. The number of nitrogens with one attached hydrogen (secondary N) is 1. The lowest BCUT2D eigenvalue weighted by Gasteiger charge is -2.13. The van der Waals surface area contributed by atoms with Crippen molar-refractivity contribution in [1.82, 2.24) is 35.2 Å². The van der Waals surface area contributed by atoms with Crippen molar-refractivity contribution in [2.24, 2.45) is 0 Å². The molecule has 0 saturated carbocycles. The first-order valence-electron chi connectivity index (χ1n) is 13.0. The molecule has 6 rings (SSSR count). The minimum atomic E-state index is 0.556. The van der Waals surface area contributed by atoms with Gasteiger partial charge in [-0.3, -0.25) is 0 Å². The molecule has 6 aromatic rings. The van der Waals surface area contributed by atoms with E-state index in [1.807, 2.05) is 31.2 Å². The quantitative estimate of drug-likeness (QED) is 0.273. The minimum absolute atomic E-state index is 0.556. The average Bonchev–Trinajstić information content (AvgIpc) is 3.62. The lowest BCUT2D eigenvalue weighted by atomic mass is 9.93. The summed E-state index contributed by atoms with van der Waals surface area (Å²) in [6.45, 7) is 6.98. The van der Waals surface area contributed by atoms with E-state index in [9.17, 15) is 0 Å². The number of H-pyrrole nitrogens is 1. The molecule has 0 radical (unpaired) electrons. The van der Waals surface area contributed by atoms with Crippen molar-refractivity contribution in [3.05, 3.63) is 95.4 Å². The Hall–Kier alpha value is -4.85. The van der Waals surface area contributed by atoms with Crippen LogP contribution in [0, 0.1) is 13.8 Å². The summed E-state index contributed by atoms with van der Waals surface area (Å²) in [4.78, 5) is 9.72. The number of aromatic nitrogens is 7. The van der Waals surface area contributed by atoms with Crippen LogP contribution >= 0.6 is 0 Å². The van der Waals surface area contributed by atoms with Crippen molar-refractivity contribution in [3.8, 4) is 39.4 Å². The van der Waals surface area contributed by atoms with Gasteiger partial charge >= 0.3 is 0 Å². The Bertz CT molecular complexity index is 1770. The zero-order valence-electron chi connectivity index (χ0n) is 22.4. The molecular formula is C31H29N7O. The fourth-order valence-corrected chi connectivity index (χ4v) is 5.09. The van der Waals surface area contributed by atoms with Gasteiger partial charge in [-0.05, 0) is 82.8 Å². The minimum Gasteiger partial charge on any atom is -0.497 e. The molecule has 0 saturated heterocycles. The molecule has 3 aromatic heterocycles. The van der Waals surface area contributed by atoms with Crippen molar-refractivity contribution in [1.29, 1.82) is 0 Å². The number of imidazole rings is 1. The number of aromatic amines is 1. The van der Waals surface area contributed by atoms with Crippen LogP contribution in [0.4, 0.5) is 0 Å². The summed E-state index contributed by atoms with van der Waals surface area (Å²) in [6, 6.07) is 25.1. The van der Waals surface area contributed by atoms with Gasteiger partial charge in [-0.1, -0.05) is 49.4 Å². The molecule has 194 valence electrons. The summed E-state index contributed by atoms with van der Waals surface area (Å²) >= 11 is 0. The van der Waals surface area contributed by atoms with Gasteiger partial charge < -0.3 is 9.30 Å². The normalized spacial score (nSPS) is 11.3. The van der Waals surface area contributed by atoms with E-state index in [-0.39, 0.29) is 0 Å². The molecule has 8 nitrogen and oxygen atoms in total. The van der Waals surface area contributed by atoms with Crippen LogP contribution in [0.15, 0.2) is 72.8 Å². The molecule has 0 unspecified atom stereocenters. The summed E-state index contributed by atoms with van der Waals surface area (Å²) in [5.74, 6) is 2.42. The maximum Gasteiger partial charge on any atom is 0.205 e. The molecule has 0 fully saturated rings. The van der Waals surface area contributed by atoms with E-state index in [0.29, 0.717) is 12.4 Å². The number of ether oxygens (including phenoxy) is 1. The summed E-state index contributed by atoms with van der Waals surface area (Å²) in [6.07, 6.45) is 0.845. The number of benzene rings is 3. The molecule has 8 heteroatoms. The fraction of sp³-hybridized carbons (Fsp3) is 0.194. The number of rotatable bonds is 7. The molecular weight excluding hydrogens is 486 g/mol. The van der Waals surface area contributed by atoms with Gasteiger partial charge in [-0.2, -0.15) is 5.21 Å². The van der Waals surface area contributed by atoms with Crippen LogP contribution in [0.1, 0.15) is 29.6 Å². The molecule has 0 amide bonds. The summed E-state index contributed by atoms with van der Waals surface area (Å²) in [5.41, 5.74) is 10.4. The van der Waals surface area contributed by atoms with Crippen molar-refractivity contribution in [2.75, 3.05) is 7.11 Å². The Morgan fingerprint density at radius 2 is 1.64 bits per heavy atom. The number of hydrogen-bond acceptors (Lipinski definition) is 6. The number of nitrogens with zero attached hydrogens (tertiary/aromatic N) is 6. The Kier molecular flexibility index (Phi) is 6.36. The van der Waals surface area contributed by atoms with Crippen LogP contribution in [0.25, 0.3) is 44.8 Å². The first kappa shape index (κ1) is 24.5. The number of hydrogen-bond donors (Lipinski definition) is 1. The number of pyridine rings is 1. The molecule has 0 atom stereocenters. The van der Waals surface area contributed by atoms with Gasteiger partial charge in [-0.25, -0.2) is 9.97 Å². The first-order valence-corrected chi connectivity index (χ1v) is 13.0. The van der Waals surface area contributed by atoms with Gasteiger partial charge in [0.25, 0.3) is 0 Å². The van der Waals surface area contributed by atoms with Crippen LogP contribution in [-0.2, 0) is 13.0 Å². The zero-order valence-corrected chi connectivity index (χ0v) is 22.4. The zero-order chi connectivity index (χ0) is 26.9. The molecule has 3 heterocycles. The standard InChI is InChI=1S/C31H29N7O/c1-5-28-33-29-19(2)15-20(3)32-31(29)38(28)18-21-9-11-22(12-10-21)27-17-24(23-7-6-8-25(16-23)39-4)13-14-26(27)30-34-36-37-35-30/h6-17H,5,18H2,1-4H3,(H,34,35,36,37). The van der Waals surface area contributed by atoms with Crippen LogP contribution in [-0.4, -0.2) is 42.3 Å². The van der Waals surface area contributed by atoms with Crippen LogP contribution in [0.3, 0.4) is 0 Å². The van der Waals surface area contributed by atoms with Crippen LogP contribution < -0.4 is 4.74 Å². The van der Waals surface area contributed by atoms with E-state index >= 15 is 0 Å².